The van der Waals surface area contributed by atoms with Crippen molar-refractivity contribution in [1.82, 2.24) is 15.2 Å². The molecule has 2 amide bonds. The molecule has 6 nitrogen and oxygen atoms in total. The highest BCUT2D eigenvalue weighted by atomic mass is 16.2. The van der Waals surface area contributed by atoms with Crippen LogP contribution in [0.15, 0.2) is 42.6 Å². The van der Waals surface area contributed by atoms with Gasteiger partial charge in [0.25, 0.3) is 0 Å². The molecule has 2 aliphatic carbocycles. The van der Waals surface area contributed by atoms with E-state index in [0.717, 1.165) is 42.1 Å². The van der Waals surface area contributed by atoms with Gasteiger partial charge in [0.2, 0.25) is 0 Å². The molecule has 1 atom stereocenters. The van der Waals surface area contributed by atoms with Crippen LogP contribution in [-0.4, -0.2) is 47.6 Å². The van der Waals surface area contributed by atoms with Crippen molar-refractivity contribution in [3.05, 3.63) is 53.7 Å². The molecule has 2 heterocycles. The molecule has 2 N–H and O–H groups in total. The van der Waals surface area contributed by atoms with E-state index in [9.17, 15) is 4.79 Å². The Hall–Kier alpha value is -2.60. The van der Waals surface area contributed by atoms with Crippen LogP contribution in [0.4, 0.5) is 16.3 Å². The second-order valence-corrected chi connectivity index (χ2v) is 10.4. The first-order chi connectivity index (χ1) is 16.7. The lowest BCUT2D eigenvalue weighted by Crippen LogP contribution is -2.58. The molecular formula is C28H39N5O. The lowest BCUT2D eigenvalue weighted by atomic mass is 9.93. The number of nitrogens with one attached hydrogen (secondary N) is 2. The summed E-state index contributed by atoms with van der Waals surface area (Å²) in [4.78, 5) is 22.5. The Kier molecular flexibility index (Phi) is 7.33. The second kappa shape index (κ2) is 10.8. The molecule has 1 aromatic carbocycles. The van der Waals surface area contributed by atoms with Crippen molar-refractivity contribution >= 4 is 17.5 Å². The molecule has 1 aromatic heterocycles. The van der Waals surface area contributed by atoms with Gasteiger partial charge in [0.1, 0.15) is 5.82 Å². The van der Waals surface area contributed by atoms with E-state index < -0.39 is 0 Å². The molecular weight excluding hydrogens is 422 g/mol. The van der Waals surface area contributed by atoms with Crippen molar-refractivity contribution in [3.8, 4) is 0 Å². The standard InChI is InChI=1S/C28H39N5O/c1-21-10-12-22(13-11-21)18-30-28(34)31-24-14-15-27(29-19-24)33-17-16-32(25-8-4-5-9-25)20-26(33)23-6-2-3-7-23/h10-15,19,23,25-26H,2-9,16-18,20H2,1H3,(H2,30,31,34). The summed E-state index contributed by atoms with van der Waals surface area (Å²) < 4.78 is 0. The van der Waals surface area contributed by atoms with Crippen molar-refractivity contribution in [3.63, 3.8) is 0 Å². The van der Waals surface area contributed by atoms with E-state index in [1.165, 1.54) is 63.5 Å². The van der Waals surface area contributed by atoms with Crippen LogP contribution in [0.1, 0.15) is 62.5 Å². The second-order valence-electron chi connectivity index (χ2n) is 10.4. The molecule has 0 radical (unpaired) electrons. The summed E-state index contributed by atoms with van der Waals surface area (Å²) in [5.74, 6) is 1.82. The van der Waals surface area contributed by atoms with Gasteiger partial charge in [-0.25, -0.2) is 9.78 Å². The average molecular weight is 462 g/mol. The molecule has 1 aliphatic heterocycles. The molecule has 182 valence electrons. The van der Waals surface area contributed by atoms with Gasteiger partial charge in [-0.3, -0.25) is 4.90 Å². The maximum Gasteiger partial charge on any atom is 0.319 e. The molecule has 1 unspecified atom stereocenters. The van der Waals surface area contributed by atoms with Gasteiger partial charge in [-0.2, -0.15) is 0 Å². The number of aromatic nitrogens is 1. The number of rotatable bonds is 6. The fourth-order valence-corrected chi connectivity index (χ4v) is 6.16. The van der Waals surface area contributed by atoms with Gasteiger partial charge in [-0.05, 0) is 56.2 Å². The highest BCUT2D eigenvalue weighted by Crippen LogP contribution is 2.36. The zero-order valence-electron chi connectivity index (χ0n) is 20.5. The monoisotopic (exact) mass is 461 g/mol. The van der Waals surface area contributed by atoms with Crippen molar-refractivity contribution in [1.29, 1.82) is 0 Å². The fourth-order valence-electron chi connectivity index (χ4n) is 6.16. The van der Waals surface area contributed by atoms with Crippen LogP contribution < -0.4 is 15.5 Å². The number of benzene rings is 1. The van der Waals surface area contributed by atoms with Gasteiger partial charge in [0.05, 0.1) is 11.9 Å². The van der Waals surface area contributed by atoms with Crippen molar-refractivity contribution in [2.45, 2.75) is 76.9 Å². The summed E-state index contributed by atoms with van der Waals surface area (Å²) in [6.45, 7) is 5.93. The Morgan fingerprint density at radius 2 is 1.71 bits per heavy atom. The van der Waals surface area contributed by atoms with Crippen LogP contribution in [0.5, 0.6) is 0 Å². The summed E-state index contributed by atoms with van der Waals surface area (Å²) >= 11 is 0. The number of hydrogen-bond donors (Lipinski definition) is 2. The van der Waals surface area contributed by atoms with Crippen LogP contribution in [-0.2, 0) is 6.54 Å². The number of nitrogens with zero attached hydrogens (tertiary/aromatic N) is 3. The Bertz CT molecular complexity index is 932. The van der Waals surface area contributed by atoms with Crippen molar-refractivity contribution < 1.29 is 4.79 Å². The van der Waals surface area contributed by atoms with Crippen LogP contribution >= 0.6 is 0 Å². The minimum atomic E-state index is -0.205. The van der Waals surface area contributed by atoms with Crippen LogP contribution in [0.2, 0.25) is 0 Å². The first-order valence-corrected chi connectivity index (χ1v) is 13.2. The average Bonchev–Trinajstić information content (AvgIpc) is 3.59. The van der Waals surface area contributed by atoms with Gasteiger partial charge < -0.3 is 15.5 Å². The number of aryl methyl sites for hydroxylation is 1. The zero-order valence-corrected chi connectivity index (χ0v) is 20.5. The fraction of sp³-hybridized carbons (Fsp3) is 0.571. The Balaban J connectivity index is 1.19. The summed E-state index contributed by atoms with van der Waals surface area (Å²) in [6.07, 6.45) is 12.8. The molecule has 3 fully saturated rings. The number of urea groups is 1. The number of carbonyl (C=O) groups excluding carboxylic acids is 1. The van der Waals surface area contributed by atoms with E-state index in [2.05, 4.69) is 45.6 Å². The van der Waals surface area contributed by atoms with Gasteiger partial charge in [0.15, 0.2) is 0 Å². The maximum atomic E-state index is 12.4. The van der Waals surface area contributed by atoms with E-state index in [0.29, 0.717) is 12.6 Å². The van der Waals surface area contributed by atoms with Gasteiger partial charge in [-0.1, -0.05) is 55.5 Å². The lowest BCUT2D eigenvalue weighted by Gasteiger charge is -2.46. The minimum absolute atomic E-state index is 0.205. The van der Waals surface area contributed by atoms with Gasteiger partial charge >= 0.3 is 6.03 Å². The van der Waals surface area contributed by atoms with Crippen LogP contribution in [0.3, 0.4) is 0 Å². The third-order valence-corrected chi connectivity index (χ3v) is 8.11. The first kappa shape index (κ1) is 23.2. The Labute approximate surface area is 204 Å². The molecule has 6 heteroatoms. The number of amides is 2. The van der Waals surface area contributed by atoms with Gasteiger partial charge in [0, 0.05) is 38.3 Å². The molecule has 0 spiro atoms. The normalized spacial score (nSPS) is 22.3. The minimum Gasteiger partial charge on any atom is -0.351 e. The number of anilines is 2. The summed E-state index contributed by atoms with van der Waals surface area (Å²) in [5, 5.41) is 5.85. The molecule has 2 aromatic rings. The maximum absolute atomic E-state index is 12.4. The molecule has 0 bridgehead atoms. The van der Waals surface area contributed by atoms with Crippen molar-refractivity contribution in [2.24, 2.45) is 5.92 Å². The summed E-state index contributed by atoms with van der Waals surface area (Å²) in [5.41, 5.74) is 3.03. The van der Waals surface area contributed by atoms with E-state index in [-0.39, 0.29) is 6.03 Å². The molecule has 3 aliphatic rings. The quantitative estimate of drug-likeness (QED) is 0.610. The molecule has 1 saturated heterocycles. The first-order valence-electron chi connectivity index (χ1n) is 13.2. The highest BCUT2D eigenvalue weighted by Gasteiger charge is 2.37. The summed E-state index contributed by atoms with van der Waals surface area (Å²) in [7, 11) is 0. The largest absolute Gasteiger partial charge is 0.351 e. The Morgan fingerprint density at radius 1 is 0.971 bits per heavy atom. The predicted molar refractivity (Wildman–Crippen MR) is 138 cm³/mol. The van der Waals surface area contributed by atoms with E-state index in [1.54, 1.807) is 6.20 Å². The third kappa shape index (κ3) is 5.54. The van der Waals surface area contributed by atoms with E-state index in [4.69, 9.17) is 4.98 Å². The lowest BCUT2D eigenvalue weighted by molar-refractivity contribution is 0.141. The molecule has 34 heavy (non-hydrogen) atoms. The smallest absolute Gasteiger partial charge is 0.319 e. The number of carbonyl (C=O) groups is 1. The molecule has 2 saturated carbocycles. The highest BCUT2D eigenvalue weighted by molar-refractivity contribution is 5.89. The molecule has 5 rings (SSSR count). The SMILES string of the molecule is Cc1ccc(CNC(=O)Nc2ccc(N3CCN(C4CCCC4)CC3C3CCCC3)nc2)cc1. The van der Waals surface area contributed by atoms with Crippen LogP contribution in [0.25, 0.3) is 0 Å². The topological polar surface area (TPSA) is 60.5 Å². The number of hydrogen-bond acceptors (Lipinski definition) is 4. The predicted octanol–water partition coefficient (Wildman–Crippen LogP) is 5.34. The Morgan fingerprint density at radius 3 is 2.41 bits per heavy atom. The van der Waals surface area contributed by atoms with Gasteiger partial charge in [-0.15, -0.1) is 0 Å². The number of pyridine rings is 1. The summed E-state index contributed by atoms with van der Waals surface area (Å²) in [6, 6.07) is 13.4. The zero-order chi connectivity index (χ0) is 23.3. The van der Waals surface area contributed by atoms with Crippen LogP contribution in [0, 0.1) is 12.8 Å². The van der Waals surface area contributed by atoms with Crippen molar-refractivity contribution in [2.75, 3.05) is 29.9 Å². The van der Waals surface area contributed by atoms with E-state index in [1.807, 2.05) is 18.2 Å². The number of piperazine rings is 1. The third-order valence-electron chi connectivity index (χ3n) is 8.11. The van der Waals surface area contributed by atoms with E-state index >= 15 is 0 Å².